The lowest BCUT2D eigenvalue weighted by atomic mass is 10.2. The molecule has 1 amide bonds. The van der Waals surface area contributed by atoms with E-state index in [0.29, 0.717) is 6.42 Å². The van der Waals surface area contributed by atoms with Gasteiger partial charge in [-0.15, -0.1) is 12.3 Å². The molecule has 0 aliphatic rings. The van der Waals surface area contributed by atoms with Crippen molar-refractivity contribution in [2.24, 2.45) is 5.73 Å². The molecule has 12 heavy (non-hydrogen) atoms. The first kappa shape index (κ1) is 11.0. The summed E-state index contributed by atoms with van der Waals surface area (Å²) in [4.78, 5) is 10.4. The van der Waals surface area contributed by atoms with Crippen molar-refractivity contribution in [3.63, 3.8) is 0 Å². The lowest BCUT2D eigenvalue weighted by molar-refractivity contribution is -0.118. The first-order valence-corrected chi connectivity index (χ1v) is 4.12. The fourth-order valence-corrected chi connectivity index (χ4v) is 0.913. The summed E-state index contributed by atoms with van der Waals surface area (Å²) in [5, 5.41) is 3.15. The lowest BCUT2D eigenvalue weighted by Gasteiger charge is -2.10. The van der Waals surface area contributed by atoms with Gasteiger partial charge in [0.2, 0.25) is 5.91 Å². The van der Waals surface area contributed by atoms with Gasteiger partial charge in [-0.3, -0.25) is 4.79 Å². The highest BCUT2D eigenvalue weighted by atomic mass is 16.1. The monoisotopic (exact) mass is 168 g/mol. The smallest absolute Gasteiger partial charge is 0.218 e. The molecule has 0 rings (SSSR count). The zero-order valence-electron chi connectivity index (χ0n) is 7.47. The summed E-state index contributed by atoms with van der Waals surface area (Å²) in [5.74, 6) is 2.28. The van der Waals surface area contributed by atoms with Gasteiger partial charge in [-0.2, -0.15) is 0 Å². The predicted molar refractivity (Wildman–Crippen MR) is 49.3 cm³/mol. The molecule has 0 fully saturated rings. The van der Waals surface area contributed by atoms with Crippen LogP contribution in [0.3, 0.4) is 0 Å². The van der Waals surface area contributed by atoms with Crippen LogP contribution in [-0.2, 0) is 4.79 Å². The van der Waals surface area contributed by atoms with Crippen LogP contribution in [0.2, 0.25) is 0 Å². The van der Waals surface area contributed by atoms with Crippen LogP contribution in [0.25, 0.3) is 0 Å². The Morgan fingerprint density at radius 2 is 2.42 bits per heavy atom. The molecule has 0 bridgehead atoms. The molecule has 3 heteroatoms. The molecular formula is C9H16N2O. The molecule has 0 aromatic rings. The predicted octanol–water partition coefficient (Wildman–Crippen LogP) is 0.253. The maximum Gasteiger partial charge on any atom is 0.218 e. The maximum atomic E-state index is 10.4. The number of hydrogen-bond acceptors (Lipinski definition) is 2. The number of carbonyl (C=O) groups is 1. The van der Waals surface area contributed by atoms with Gasteiger partial charge in [0, 0.05) is 18.9 Å². The van der Waals surface area contributed by atoms with E-state index in [1.54, 1.807) is 0 Å². The topological polar surface area (TPSA) is 55.1 Å². The van der Waals surface area contributed by atoms with Gasteiger partial charge in [0.1, 0.15) is 0 Å². The molecule has 0 saturated heterocycles. The molecule has 0 aliphatic carbocycles. The molecule has 0 heterocycles. The Morgan fingerprint density at radius 3 is 2.92 bits per heavy atom. The minimum atomic E-state index is -0.271. The number of unbranched alkanes of at least 4 members (excludes halogenated alkanes) is 1. The van der Waals surface area contributed by atoms with Crippen LogP contribution in [0.4, 0.5) is 0 Å². The highest BCUT2D eigenvalue weighted by Gasteiger charge is 2.03. The average Bonchev–Trinajstić information content (AvgIpc) is 1.97. The zero-order chi connectivity index (χ0) is 9.40. The van der Waals surface area contributed by atoms with Gasteiger partial charge in [-0.05, 0) is 19.9 Å². The summed E-state index contributed by atoms with van der Waals surface area (Å²) in [6.07, 6.45) is 7.18. The van der Waals surface area contributed by atoms with Crippen LogP contribution < -0.4 is 11.1 Å². The number of hydrogen-bond donors (Lipinski definition) is 2. The largest absolute Gasteiger partial charge is 0.370 e. The van der Waals surface area contributed by atoms with E-state index >= 15 is 0 Å². The Hall–Kier alpha value is -1.01. The normalized spacial score (nSPS) is 12.0. The van der Waals surface area contributed by atoms with Crippen LogP contribution in [-0.4, -0.2) is 18.5 Å². The number of rotatable bonds is 6. The van der Waals surface area contributed by atoms with Crippen LogP contribution in [0.1, 0.15) is 26.2 Å². The lowest BCUT2D eigenvalue weighted by Crippen LogP contribution is -2.31. The molecule has 0 radical (unpaired) electrons. The minimum absolute atomic E-state index is 0.153. The number of nitrogens with two attached hydrogens (primary N) is 1. The third kappa shape index (κ3) is 7.10. The van der Waals surface area contributed by atoms with Gasteiger partial charge in [-0.1, -0.05) is 0 Å². The van der Waals surface area contributed by atoms with E-state index < -0.39 is 0 Å². The van der Waals surface area contributed by atoms with Gasteiger partial charge >= 0.3 is 0 Å². The van der Waals surface area contributed by atoms with Crippen LogP contribution >= 0.6 is 0 Å². The van der Waals surface area contributed by atoms with Crippen molar-refractivity contribution in [2.45, 2.75) is 32.2 Å². The molecule has 0 aliphatic heterocycles. The first-order chi connectivity index (χ1) is 5.66. The third-order valence-electron chi connectivity index (χ3n) is 1.50. The summed E-state index contributed by atoms with van der Waals surface area (Å²) in [6.45, 7) is 2.78. The number of carbonyl (C=O) groups excluding carboxylic acids is 1. The molecule has 0 spiro atoms. The minimum Gasteiger partial charge on any atom is -0.370 e. The van der Waals surface area contributed by atoms with Crippen molar-refractivity contribution in [1.29, 1.82) is 0 Å². The van der Waals surface area contributed by atoms with E-state index in [2.05, 4.69) is 11.2 Å². The SMILES string of the molecule is C#CCCCNC(C)CC(N)=O. The van der Waals surface area contributed by atoms with Crippen LogP contribution in [0.5, 0.6) is 0 Å². The maximum absolute atomic E-state index is 10.4. The van der Waals surface area contributed by atoms with Gasteiger partial charge in [0.15, 0.2) is 0 Å². The number of primary amides is 1. The van der Waals surface area contributed by atoms with Crippen LogP contribution in [0, 0.1) is 12.3 Å². The molecule has 0 saturated carbocycles. The van der Waals surface area contributed by atoms with Crippen molar-refractivity contribution in [3.8, 4) is 12.3 Å². The Bertz CT molecular complexity index is 172. The molecule has 0 aromatic carbocycles. The van der Waals surface area contributed by atoms with Crippen molar-refractivity contribution in [1.82, 2.24) is 5.32 Å². The second-order valence-electron chi connectivity index (χ2n) is 2.83. The van der Waals surface area contributed by atoms with Gasteiger partial charge in [-0.25, -0.2) is 0 Å². The van der Waals surface area contributed by atoms with E-state index in [0.717, 1.165) is 19.4 Å². The Labute approximate surface area is 73.7 Å². The quantitative estimate of drug-likeness (QED) is 0.441. The van der Waals surface area contributed by atoms with Crippen molar-refractivity contribution in [2.75, 3.05) is 6.54 Å². The Morgan fingerprint density at radius 1 is 1.75 bits per heavy atom. The summed E-state index contributed by atoms with van der Waals surface area (Å²) >= 11 is 0. The molecule has 0 aromatic heterocycles. The zero-order valence-corrected chi connectivity index (χ0v) is 7.47. The van der Waals surface area contributed by atoms with E-state index in [9.17, 15) is 4.79 Å². The fourth-order valence-electron chi connectivity index (χ4n) is 0.913. The third-order valence-corrected chi connectivity index (χ3v) is 1.50. The Balaban J connectivity index is 3.26. The fraction of sp³-hybridized carbons (Fsp3) is 0.667. The van der Waals surface area contributed by atoms with Gasteiger partial charge in [0.05, 0.1) is 0 Å². The number of terminal acetylenes is 1. The van der Waals surface area contributed by atoms with Crippen molar-refractivity contribution >= 4 is 5.91 Å². The molecule has 68 valence electrons. The van der Waals surface area contributed by atoms with E-state index in [1.165, 1.54) is 0 Å². The molecule has 3 N–H and O–H groups in total. The Kier molecular flexibility index (Phi) is 6.12. The van der Waals surface area contributed by atoms with E-state index in [1.807, 2.05) is 6.92 Å². The molecule has 3 nitrogen and oxygen atoms in total. The van der Waals surface area contributed by atoms with Crippen molar-refractivity contribution in [3.05, 3.63) is 0 Å². The second kappa shape index (κ2) is 6.68. The molecule has 1 unspecified atom stereocenters. The number of nitrogens with one attached hydrogen (secondary N) is 1. The second-order valence-corrected chi connectivity index (χ2v) is 2.83. The highest BCUT2D eigenvalue weighted by molar-refractivity contribution is 5.74. The highest BCUT2D eigenvalue weighted by Crippen LogP contribution is 1.90. The molecule has 1 atom stereocenters. The summed E-state index contributed by atoms with van der Waals surface area (Å²) in [6, 6.07) is 0.153. The standard InChI is InChI=1S/C9H16N2O/c1-3-4-5-6-11-8(2)7-9(10)12/h1,8,11H,4-7H2,2H3,(H2,10,12). The average molecular weight is 168 g/mol. The van der Waals surface area contributed by atoms with Crippen molar-refractivity contribution < 1.29 is 4.79 Å². The van der Waals surface area contributed by atoms with Gasteiger partial charge in [0.25, 0.3) is 0 Å². The summed E-state index contributed by atoms with van der Waals surface area (Å²) in [5.41, 5.74) is 5.01. The summed E-state index contributed by atoms with van der Waals surface area (Å²) in [7, 11) is 0. The first-order valence-electron chi connectivity index (χ1n) is 4.12. The van der Waals surface area contributed by atoms with E-state index in [-0.39, 0.29) is 11.9 Å². The summed E-state index contributed by atoms with van der Waals surface area (Å²) < 4.78 is 0. The molecular weight excluding hydrogens is 152 g/mol. The van der Waals surface area contributed by atoms with E-state index in [4.69, 9.17) is 12.2 Å². The van der Waals surface area contributed by atoms with Gasteiger partial charge < -0.3 is 11.1 Å². The van der Waals surface area contributed by atoms with Crippen LogP contribution in [0.15, 0.2) is 0 Å². The number of amides is 1.